The van der Waals surface area contributed by atoms with Gasteiger partial charge in [-0.3, -0.25) is 9.63 Å². The van der Waals surface area contributed by atoms with Gasteiger partial charge >= 0.3 is 0 Å². The Morgan fingerprint density at radius 2 is 1.92 bits per heavy atom. The van der Waals surface area contributed by atoms with E-state index in [2.05, 4.69) is 5.48 Å². The Morgan fingerprint density at radius 1 is 1.38 bits per heavy atom. The van der Waals surface area contributed by atoms with Crippen molar-refractivity contribution >= 4 is 5.91 Å². The fraction of sp³-hybridized carbons (Fsp3) is 0.889. The first-order chi connectivity index (χ1) is 5.95. The summed E-state index contributed by atoms with van der Waals surface area (Å²) < 4.78 is 0. The number of carbonyl (C=O) groups is 1. The van der Waals surface area contributed by atoms with Gasteiger partial charge in [0.15, 0.2) is 0 Å². The Kier molecular flexibility index (Phi) is 5.66. The average molecular weight is 188 g/mol. The molecule has 3 N–H and O–H groups in total. The third kappa shape index (κ3) is 5.60. The maximum atomic E-state index is 11.2. The first-order valence-electron chi connectivity index (χ1n) is 4.62. The van der Waals surface area contributed by atoms with Crippen LogP contribution in [0.3, 0.4) is 0 Å². The van der Waals surface area contributed by atoms with Gasteiger partial charge in [-0.1, -0.05) is 27.7 Å². The van der Waals surface area contributed by atoms with E-state index < -0.39 is 6.04 Å². The minimum absolute atomic E-state index is 0.127. The SMILES string of the molecule is CC(C)CONC(=O)[C@@H](N)C(C)C. The van der Waals surface area contributed by atoms with E-state index in [-0.39, 0.29) is 11.8 Å². The van der Waals surface area contributed by atoms with Crippen molar-refractivity contribution in [3.8, 4) is 0 Å². The highest BCUT2D eigenvalue weighted by atomic mass is 16.7. The Hall–Kier alpha value is -0.610. The summed E-state index contributed by atoms with van der Waals surface area (Å²) in [6, 6.07) is -0.493. The van der Waals surface area contributed by atoms with Crippen LogP contribution in [-0.4, -0.2) is 18.6 Å². The van der Waals surface area contributed by atoms with Gasteiger partial charge in [-0.15, -0.1) is 0 Å². The molecular weight excluding hydrogens is 168 g/mol. The summed E-state index contributed by atoms with van der Waals surface area (Å²) in [7, 11) is 0. The molecule has 0 aromatic carbocycles. The average Bonchev–Trinajstić information content (AvgIpc) is 2.02. The third-order valence-corrected chi connectivity index (χ3v) is 1.61. The molecule has 78 valence electrons. The maximum Gasteiger partial charge on any atom is 0.260 e. The number of nitrogens with two attached hydrogens (primary N) is 1. The van der Waals surface area contributed by atoms with Gasteiger partial charge in [0.05, 0.1) is 12.6 Å². The Labute approximate surface area is 79.8 Å². The summed E-state index contributed by atoms with van der Waals surface area (Å²) in [6.45, 7) is 8.32. The number of amides is 1. The molecule has 4 heteroatoms. The molecule has 4 nitrogen and oxygen atoms in total. The van der Waals surface area contributed by atoms with Crippen LogP contribution in [0.5, 0.6) is 0 Å². The van der Waals surface area contributed by atoms with Crippen LogP contribution in [0.2, 0.25) is 0 Å². The van der Waals surface area contributed by atoms with Crippen molar-refractivity contribution in [1.82, 2.24) is 5.48 Å². The highest BCUT2D eigenvalue weighted by Gasteiger charge is 2.16. The van der Waals surface area contributed by atoms with Gasteiger partial charge in [0.25, 0.3) is 5.91 Å². The van der Waals surface area contributed by atoms with Crippen LogP contribution in [0.4, 0.5) is 0 Å². The molecule has 0 unspecified atom stereocenters. The lowest BCUT2D eigenvalue weighted by Gasteiger charge is -2.15. The lowest BCUT2D eigenvalue weighted by Crippen LogP contribution is -2.44. The number of carbonyl (C=O) groups excluding carboxylic acids is 1. The number of hydrogen-bond donors (Lipinski definition) is 2. The van der Waals surface area contributed by atoms with Gasteiger partial charge in [0.2, 0.25) is 0 Å². The van der Waals surface area contributed by atoms with Gasteiger partial charge in [0, 0.05) is 0 Å². The fourth-order valence-electron chi connectivity index (χ4n) is 0.650. The summed E-state index contributed by atoms with van der Waals surface area (Å²) in [5, 5.41) is 0. The smallest absolute Gasteiger partial charge is 0.260 e. The zero-order chi connectivity index (χ0) is 10.4. The van der Waals surface area contributed by atoms with Crippen molar-refractivity contribution in [3.63, 3.8) is 0 Å². The maximum absolute atomic E-state index is 11.2. The summed E-state index contributed by atoms with van der Waals surface area (Å²) in [4.78, 5) is 16.2. The monoisotopic (exact) mass is 188 g/mol. The minimum Gasteiger partial charge on any atom is -0.320 e. The van der Waals surface area contributed by atoms with Gasteiger partial charge in [-0.05, 0) is 11.8 Å². The quantitative estimate of drug-likeness (QED) is 0.623. The summed E-state index contributed by atoms with van der Waals surface area (Å²) in [5.74, 6) is 0.272. The van der Waals surface area contributed by atoms with E-state index in [1.165, 1.54) is 0 Å². The highest BCUT2D eigenvalue weighted by Crippen LogP contribution is 1.98. The lowest BCUT2D eigenvalue weighted by atomic mass is 10.1. The number of hydroxylamine groups is 1. The number of rotatable bonds is 5. The van der Waals surface area contributed by atoms with Crippen molar-refractivity contribution in [1.29, 1.82) is 0 Å². The van der Waals surface area contributed by atoms with Crippen LogP contribution in [0.1, 0.15) is 27.7 Å². The van der Waals surface area contributed by atoms with Gasteiger partial charge in [-0.2, -0.15) is 0 Å². The predicted molar refractivity (Wildman–Crippen MR) is 51.7 cm³/mol. The molecule has 0 heterocycles. The van der Waals surface area contributed by atoms with Crippen molar-refractivity contribution in [3.05, 3.63) is 0 Å². The van der Waals surface area contributed by atoms with E-state index in [0.717, 1.165) is 0 Å². The third-order valence-electron chi connectivity index (χ3n) is 1.61. The topological polar surface area (TPSA) is 64.3 Å². The van der Waals surface area contributed by atoms with E-state index in [0.29, 0.717) is 12.5 Å². The van der Waals surface area contributed by atoms with Crippen molar-refractivity contribution in [2.45, 2.75) is 33.7 Å². The van der Waals surface area contributed by atoms with E-state index >= 15 is 0 Å². The standard InChI is InChI=1S/C9H20N2O2/c1-6(2)5-13-11-9(12)8(10)7(3)4/h6-8H,5,10H2,1-4H3,(H,11,12)/t8-/m0/s1. The largest absolute Gasteiger partial charge is 0.320 e. The normalized spacial score (nSPS) is 13.5. The molecule has 0 aliphatic carbocycles. The second kappa shape index (κ2) is 5.94. The molecule has 0 aromatic heterocycles. The Morgan fingerprint density at radius 3 is 2.31 bits per heavy atom. The van der Waals surface area contributed by atoms with Crippen LogP contribution in [0.15, 0.2) is 0 Å². The molecule has 0 spiro atoms. The van der Waals surface area contributed by atoms with Crippen molar-refractivity contribution < 1.29 is 9.63 Å². The molecule has 0 fully saturated rings. The van der Waals surface area contributed by atoms with E-state index in [4.69, 9.17) is 10.6 Å². The molecule has 0 radical (unpaired) electrons. The van der Waals surface area contributed by atoms with Crippen LogP contribution >= 0.6 is 0 Å². The van der Waals surface area contributed by atoms with Gasteiger partial charge in [-0.25, -0.2) is 5.48 Å². The second-order valence-electron chi connectivity index (χ2n) is 3.94. The molecule has 0 rings (SSSR count). The highest BCUT2D eigenvalue weighted by molar-refractivity contribution is 5.80. The van der Waals surface area contributed by atoms with Crippen molar-refractivity contribution in [2.75, 3.05) is 6.61 Å². The molecule has 13 heavy (non-hydrogen) atoms. The first-order valence-corrected chi connectivity index (χ1v) is 4.62. The van der Waals surface area contributed by atoms with Crippen molar-refractivity contribution in [2.24, 2.45) is 17.6 Å². The molecule has 0 aliphatic heterocycles. The predicted octanol–water partition coefficient (Wildman–Crippen LogP) is 0.673. The molecule has 0 bridgehead atoms. The zero-order valence-electron chi connectivity index (χ0n) is 8.83. The number of hydrogen-bond acceptors (Lipinski definition) is 3. The molecule has 1 amide bonds. The van der Waals surface area contributed by atoms with E-state index in [1.54, 1.807) is 0 Å². The van der Waals surface area contributed by atoms with E-state index in [9.17, 15) is 4.79 Å². The van der Waals surface area contributed by atoms with E-state index in [1.807, 2.05) is 27.7 Å². The second-order valence-corrected chi connectivity index (χ2v) is 3.94. The molecular formula is C9H20N2O2. The lowest BCUT2D eigenvalue weighted by molar-refractivity contribution is -0.136. The van der Waals surface area contributed by atoms with Gasteiger partial charge < -0.3 is 5.73 Å². The molecule has 0 aliphatic rings. The Bertz CT molecular complexity index is 158. The molecule has 0 aromatic rings. The molecule has 1 atom stereocenters. The van der Waals surface area contributed by atoms with Crippen LogP contribution in [-0.2, 0) is 9.63 Å². The Balaban J connectivity index is 3.62. The van der Waals surface area contributed by atoms with Crippen LogP contribution in [0.25, 0.3) is 0 Å². The minimum atomic E-state index is -0.493. The summed E-state index contributed by atoms with van der Waals surface area (Å²) in [6.07, 6.45) is 0. The summed E-state index contributed by atoms with van der Waals surface area (Å²) in [5.41, 5.74) is 7.92. The van der Waals surface area contributed by atoms with Crippen LogP contribution < -0.4 is 11.2 Å². The first kappa shape index (κ1) is 12.4. The fourth-order valence-corrected chi connectivity index (χ4v) is 0.650. The molecule has 0 saturated carbocycles. The van der Waals surface area contributed by atoms with Crippen LogP contribution in [0, 0.1) is 11.8 Å². The van der Waals surface area contributed by atoms with Gasteiger partial charge in [0.1, 0.15) is 0 Å². The number of nitrogens with one attached hydrogen (secondary N) is 1. The summed E-state index contributed by atoms with van der Waals surface area (Å²) >= 11 is 0. The molecule has 0 saturated heterocycles. The zero-order valence-corrected chi connectivity index (χ0v) is 8.83.